The topological polar surface area (TPSA) is 73.9 Å². The van der Waals surface area contributed by atoms with Crippen molar-refractivity contribution in [3.63, 3.8) is 0 Å². The SMILES string of the molecule is C=CCOC(=O)NC1CC(=O)OC1OCC1CCCC1. The third-order valence-electron chi connectivity index (χ3n) is 3.57. The number of carbonyl (C=O) groups excluding carboxylic acids is 2. The highest BCUT2D eigenvalue weighted by molar-refractivity contribution is 5.75. The van der Waals surface area contributed by atoms with Crippen molar-refractivity contribution in [1.82, 2.24) is 5.32 Å². The van der Waals surface area contributed by atoms with Crippen LogP contribution in [0.4, 0.5) is 4.79 Å². The van der Waals surface area contributed by atoms with E-state index in [0.717, 1.165) is 12.8 Å². The molecule has 112 valence electrons. The van der Waals surface area contributed by atoms with E-state index in [4.69, 9.17) is 14.2 Å². The molecule has 2 rings (SSSR count). The first kappa shape index (κ1) is 14.8. The summed E-state index contributed by atoms with van der Waals surface area (Å²) in [6.07, 6.45) is 5.05. The standard InChI is InChI=1S/C14H21NO5/c1-2-7-18-14(17)15-11-8-12(16)20-13(11)19-9-10-5-3-4-6-10/h2,10-11,13H,1,3-9H2,(H,15,17). The Balaban J connectivity index is 1.77. The van der Waals surface area contributed by atoms with Crippen LogP contribution in [-0.4, -0.2) is 37.6 Å². The van der Waals surface area contributed by atoms with Gasteiger partial charge < -0.3 is 19.5 Å². The number of alkyl carbamates (subject to hydrolysis) is 1. The van der Waals surface area contributed by atoms with Gasteiger partial charge in [-0.15, -0.1) is 0 Å². The molecule has 1 saturated carbocycles. The normalized spacial score (nSPS) is 26.3. The lowest BCUT2D eigenvalue weighted by molar-refractivity contribution is -0.166. The zero-order chi connectivity index (χ0) is 14.4. The average molecular weight is 283 g/mol. The van der Waals surface area contributed by atoms with Gasteiger partial charge in [-0.1, -0.05) is 25.5 Å². The van der Waals surface area contributed by atoms with Crippen molar-refractivity contribution in [2.45, 2.75) is 44.4 Å². The van der Waals surface area contributed by atoms with Gasteiger partial charge in [-0.3, -0.25) is 4.79 Å². The van der Waals surface area contributed by atoms with Crippen LogP contribution in [0.2, 0.25) is 0 Å². The summed E-state index contributed by atoms with van der Waals surface area (Å²) in [5, 5.41) is 2.59. The monoisotopic (exact) mass is 283 g/mol. The molecule has 2 unspecified atom stereocenters. The third kappa shape index (κ3) is 4.23. The Kier molecular flexibility index (Phi) is 5.40. The molecule has 1 heterocycles. The molecule has 1 aliphatic heterocycles. The second-order valence-electron chi connectivity index (χ2n) is 5.18. The van der Waals surface area contributed by atoms with Crippen LogP contribution in [0.3, 0.4) is 0 Å². The molecule has 0 aromatic carbocycles. The lowest BCUT2D eigenvalue weighted by Gasteiger charge is -2.20. The smallest absolute Gasteiger partial charge is 0.407 e. The summed E-state index contributed by atoms with van der Waals surface area (Å²) >= 11 is 0. The number of amides is 1. The van der Waals surface area contributed by atoms with Crippen LogP contribution in [0.1, 0.15) is 32.1 Å². The highest BCUT2D eigenvalue weighted by Gasteiger charge is 2.37. The summed E-state index contributed by atoms with van der Waals surface area (Å²) in [5.41, 5.74) is 0. The first-order valence-corrected chi connectivity index (χ1v) is 7.04. The van der Waals surface area contributed by atoms with E-state index >= 15 is 0 Å². The second kappa shape index (κ2) is 7.28. The molecule has 0 spiro atoms. The minimum atomic E-state index is -0.709. The van der Waals surface area contributed by atoms with Gasteiger partial charge in [-0.25, -0.2) is 4.79 Å². The Morgan fingerprint density at radius 2 is 2.20 bits per heavy atom. The lowest BCUT2D eigenvalue weighted by atomic mass is 10.1. The van der Waals surface area contributed by atoms with Crippen LogP contribution >= 0.6 is 0 Å². The number of hydrogen-bond acceptors (Lipinski definition) is 5. The minimum Gasteiger partial charge on any atom is -0.445 e. The first-order valence-electron chi connectivity index (χ1n) is 7.04. The predicted octanol–water partition coefficient (Wildman–Crippen LogP) is 1.75. The first-order chi connectivity index (χ1) is 9.69. The molecular formula is C14H21NO5. The maximum Gasteiger partial charge on any atom is 0.407 e. The molecule has 20 heavy (non-hydrogen) atoms. The molecule has 0 aromatic heterocycles. The van der Waals surface area contributed by atoms with E-state index in [1.165, 1.54) is 18.9 Å². The minimum absolute atomic E-state index is 0.110. The van der Waals surface area contributed by atoms with Gasteiger partial charge in [-0.05, 0) is 18.8 Å². The Morgan fingerprint density at radius 1 is 1.45 bits per heavy atom. The zero-order valence-electron chi connectivity index (χ0n) is 11.5. The van der Waals surface area contributed by atoms with Crippen LogP contribution in [0.25, 0.3) is 0 Å². The van der Waals surface area contributed by atoms with Gasteiger partial charge in [0.2, 0.25) is 6.29 Å². The number of cyclic esters (lactones) is 1. The van der Waals surface area contributed by atoms with Gasteiger partial charge in [0.1, 0.15) is 12.6 Å². The van der Waals surface area contributed by atoms with E-state index in [2.05, 4.69) is 11.9 Å². The maximum atomic E-state index is 11.5. The quantitative estimate of drug-likeness (QED) is 0.594. The highest BCUT2D eigenvalue weighted by Crippen LogP contribution is 2.26. The molecule has 2 aliphatic rings. The maximum absolute atomic E-state index is 11.5. The third-order valence-corrected chi connectivity index (χ3v) is 3.57. The molecule has 0 radical (unpaired) electrons. The van der Waals surface area contributed by atoms with Crippen LogP contribution in [0.15, 0.2) is 12.7 Å². The zero-order valence-corrected chi connectivity index (χ0v) is 11.5. The summed E-state index contributed by atoms with van der Waals surface area (Å²) in [5.74, 6) is 0.165. The molecule has 6 heteroatoms. The molecule has 0 aromatic rings. The number of carbonyl (C=O) groups is 2. The molecule has 1 N–H and O–H groups in total. The second-order valence-corrected chi connectivity index (χ2v) is 5.18. The molecule has 2 fully saturated rings. The molecular weight excluding hydrogens is 262 g/mol. The number of rotatable bonds is 6. The Labute approximate surface area is 118 Å². The van der Waals surface area contributed by atoms with Gasteiger partial charge in [-0.2, -0.15) is 0 Å². The van der Waals surface area contributed by atoms with Gasteiger partial charge in [0.15, 0.2) is 0 Å². The van der Waals surface area contributed by atoms with Gasteiger partial charge >= 0.3 is 12.1 Å². The number of nitrogens with one attached hydrogen (secondary N) is 1. The van der Waals surface area contributed by atoms with E-state index in [1.54, 1.807) is 0 Å². The summed E-state index contributed by atoms with van der Waals surface area (Å²) < 4.78 is 15.6. The molecule has 1 amide bonds. The van der Waals surface area contributed by atoms with Crippen molar-refractivity contribution >= 4 is 12.1 Å². The van der Waals surface area contributed by atoms with Crippen molar-refractivity contribution < 1.29 is 23.8 Å². The van der Waals surface area contributed by atoms with Crippen molar-refractivity contribution in [3.05, 3.63) is 12.7 Å². The summed E-state index contributed by atoms with van der Waals surface area (Å²) in [7, 11) is 0. The Bertz CT molecular complexity index is 365. The van der Waals surface area contributed by atoms with Crippen molar-refractivity contribution in [2.24, 2.45) is 5.92 Å². The van der Waals surface area contributed by atoms with Crippen molar-refractivity contribution in [3.8, 4) is 0 Å². The van der Waals surface area contributed by atoms with Crippen molar-refractivity contribution in [2.75, 3.05) is 13.2 Å². The van der Waals surface area contributed by atoms with Crippen molar-refractivity contribution in [1.29, 1.82) is 0 Å². The lowest BCUT2D eigenvalue weighted by Crippen LogP contribution is -2.42. The Hall–Kier alpha value is -1.56. The van der Waals surface area contributed by atoms with Crippen LogP contribution < -0.4 is 5.32 Å². The number of ether oxygens (including phenoxy) is 3. The fraction of sp³-hybridized carbons (Fsp3) is 0.714. The van der Waals surface area contributed by atoms with Crippen LogP contribution in [-0.2, 0) is 19.0 Å². The fourth-order valence-electron chi connectivity index (χ4n) is 2.54. The van der Waals surface area contributed by atoms with Gasteiger partial charge in [0.25, 0.3) is 0 Å². The highest BCUT2D eigenvalue weighted by atomic mass is 16.7. The van der Waals surface area contributed by atoms with Crippen LogP contribution in [0, 0.1) is 5.92 Å². The van der Waals surface area contributed by atoms with E-state index in [1.807, 2.05) is 0 Å². The van der Waals surface area contributed by atoms with Gasteiger partial charge in [0.05, 0.1) is 13.0 Å². The number of hydrogen-bond donors (Lipinski definition) is 1. The molecule has 0 bridgehead atoms. The van der Waals surface area contributed by atoms with Crippen LogP contribution in [0.5, 0.6) is 0 Å². The average Bonchev–Trinajstić information content (AvgIpc) is 3.04. The molecule has 1 aliphatic carbocycles. The summed E-state index contributed by atoms with van der Waals surface area (Å²) in [4.78, 5) is 22.8. The van der Waals surface area contributed by atoms with E-state index in [-0.39, 0.29) is 19.0 Å². The van der Waals surface area contributed by atoms with Gasteiger partial charge in [0, 0.05) is 0 Å². The molecule has 1 saturated heterocycles. The molecule has 6 nitrogen and oxygen atoms in total. The number of esters is 1. The van der Waals surface area contributed by atoms with E-state index in [9.17, 15) is 9.59 Å². The summed E-state index contributed by atoms with van der Waals surface area (Å²) in [6, 6.07) is -0.485. The van der Waals surface area contributed by atoms with E-state index in [0.29, 0.717) is 12.5 Å². The van der Waals surface area contributed by atoms with E-state index < -0.39 is 18.4 Å². The summed E-state index contributed by atoms with van der Waals surface area (Å²) in [6.45, 7) is 4.15. The largest absolute Gasteiger partial charge is 0.445 e. The molecule has 2 atom stereocenters. The Morgan fingerprint density at radius 3 is 2.90 bits per heavy atom. The fourth-order valence-corrected chi connectivity index (χ4v) is 2.54. The predicted molar refractivity (Wildman–Crippen MR) is 70.9 cm³/mol.